The quantitative estimate of drug-likeness (QED) is 0.403. The highest BCUT2D eigenvalue weighted by Crippen LogP contribution is 2.48. The maximum absolute atomic E-state index is 12.7. The first kappa shape index (κ1) is 18.8. The van der Waals surface area contributed by atoms with Gasteiger partial charge in [0.25, 0.3) is 0 Å². The molecule has 142 valence electrons. The van der Waals surface area contributed by atoms with E-state index in [-0.39, 0.29) is 36.6 Å². The number of Topliss-reactive ketones (excluding diaryl/α,β-unsaturated/α-hetero) is 1. The van der Waals surface area contributed by atoms with Crippen LogP contribution in [-0.2, 0) is 19.1 Å². The van der Waals surface area contributed by atoms with E-state index in [9.17, 15) is 14.4 Å². The van der Waals surface area contributed by atoms with E-state index in [4.69, 9.17) is 10.1 Å². The summed E-state index contributed by atoms with van der Waals surface area (Å²) in [5.41, 5.74) is 0.165. The molecule has 1 amide bonds. The Morgan fingerprint density at radius 2 is 2.22 bits per heavy atom. The molecule has 1 aromatic heterocycles. The van der Waals surface area contributed by atoms with E-state index in [0.717, 1.165) is 6.42 Å². The van der Waals surface area contributed by atoms with E-state index in [2.05, 4.69) is 16.9 Å². The fraction of sp³-hybridized carbons (Fsp3) is 0.421. The number of esters is 1. The Morgan fingerprint density at radius 1 is 1.44 bits per heavy atom. The Balaban J connectivity index is 1.67. The van der Waals surface area contributed by atoms with Crippen LogP contribution in [0.5, 0.6) is 0 Å². The Labute approximate surface area is 157 Å². The van der Waals surface area contributed by atoms with Crippen LogP contribution in [0.15, 0.2) is 31.0 Å². The highest BCUT2D eigenvalue weighted by molar-refractivity contribution is 6.45. The Morgan fingerprint density at radius 3 is 2.93 bits per heavy atom. The number of ketones is 1. The van der Waals surface area contributed by atoms with Crippen LogP contribution in [0.1, 0.15) is 25.3 Å². The maximum atomic E-state index is 12.7. The molecule has 1 aliphatic carbocycles. The van der Waals surface area contributed by atoms with Gasteiger partial charge < -0.3 is 15.0 Å². The van der Waals surface area contributed by atoms with Gasteiger partial charge in [-0.3, -0.25) is 15.0 Å². The largest absolute Gasteiger partial charge is 0.460 e. The molecule has 3 rings (SSSR count). The second-order valence-electron chi connectivity index (χ2n) is 6.72. The average Bonchev–Trinajstić information content (AvgIpc) is 3.33. The zero-order chi connectivity index (χ0) is 19.6. The molecule has 1 aromatic rings. The number of rotatable bonds is 8. The molecule has 2 heterocycles. The number of likely N-dealkylation sites (tertiary alicyclic amines) is 1. The number of anilines is 1. The summed E-state index contributed by atoms with van der Waals surface area (Å²) >= 11 is 0. The number of amides is 1. The minimum Gasteiger partial charge on any atom is -0.460 e. The van der Waals surface area contributed by atoms with Gasteiger partial charge in [-0.25, -0.2) is 9.78 Å². The number of piperidine rings is 1. The third-order valence-corrected chi connectivity index (χ3v) is 4.84. The molecule has 1 saturated carbocycles. The van der Waals surface area contributed by atoms with Crippen molar-refractivity contribution in [3.05, 3.63) is 36.5 Å². The lowest BCUT2D eigenvalue weighted by atomic mass is 10.1. The summed E-state index contributed by atoms with van der Waals surface area (Å²) in [6.45, 7) is 4.87. The predicted molar refractivity (Wildman–Crippen MR) is 98.5 cm³/mol. The SMILES string of the molecule is C=CCOC(=O)[C@@H]1C[C@H]2C[C@H]2N1C(=O)CNc1ncccc1C(=N)C(C)=O. The Hall–Kier alpha value is -3.03. The van der Waals surface area contributed by atoms with E-state index < -0.39 is 12.0 Å². The molecule has 1 saturated heterocycles. The second-order valence-corrected chi connectivity index (χ2v) is 6.72. The molecule has 0 unspecified atom stereocenters. The fourth-order valence-electron chi connectivity index (χ4n) is 3.45. The number of carbonyl (C=O) groups is 3. The lowest BCUT2D eigenvalue weighted by Gasteiger charge is -2.26. The number of fused-ring (bicyclic) bond motifs is 1. The van der Waals surface area contributed by atoms with Gasteiger partial charge in [-0.05, 0) is 30.9 Å². The number of carbonyl (C=O) groups excluding carboxylic acids is 3. The minimum absolute atomic E-state index is 0.0797. The van der Waals surface area contributed by atoms with Gasteiger partial charge >= 0.3 is 5.97 Å². The van der Waals surface area contributed by atoms with Crippen LogP contribution in [0.2, 0.25) is 0 Å². The monoisotopic (exact) mass is 370 g/mol. The molecular formula is C19H22N4O4. The first-order valence-corrected chi connectivity index (χ1v) is 8.81. The lowest BCUT2D eigenvalue weighted by molar-refractivity contribution is -0.153. The summed E-state index contributed by atoms with van der Waals surface area (Å²) in [6.07, 6.45) is 4.54. The Kier molecular flexibility index (Phi) is 5.34. The van der Waals surface area contributed by atoms with Gasteiger partial charge in [-0.1, -0.05) is 12.7 Å². The highest BCUT2D eigenvalue weighted by atomic mass is 16.5. The van der Waals surface area contributed by atoms with Gasteiger partial charge in [0, 0.05) is 24.7 Å². The summed E-state index contributed by atoms with van der Waals surface area (Å²) in [5.74, 6) is -0.378. The fourth-order valence-corrected chi connectivity index (χ4v) is 3.45. The molecule has 1 aliphatic heterocycles. The van der Waals surface area contributed by atoms with E-state index in [1.165, 1.54) is 19.2 Å². The molecule has 8 nitrogen and oxygen atoms in total. The van der Waals surface area contributed by atoms with Gasteiger partial charge in [0.15, 0.2) is 5.78 Å². The first-order chi connectivity index (χ1) is 12.9. The second kappa shape index (κ2) is 7.69. The highest BCUT2D eigenvalue weighted by Gasteiger charge is 2.56. The van der Waals surface area contributed by atoms with Gasteiger partial charge in [0.05, 0.1) is 6.54 Å². The first-order valence-electron chi connectivity index (χ1n) is 8.81. The van der Waals surface area contributed by atoms with Crippen molar-refractivity contribution in [2.75, 3.05) is 18.5 Å². The van der Waals surface area contributed by atoms with Crippen molar-refractivity contribution >= 4 is 29.2 Å². The molecule has 0 bridgehead atoms. The van der Waals surface area contributed by atoms with Crippen LogP contribution in [0.4, 0.5) is 5.82 Å². The van der Waals surface area contributed by atoms with Crippen LogP contribution < -0.4 is 5.32 Å². The van der Waals surface area contributed by atoms with Gasteiger partial charge in [0.1, 0.15) is 24.2 Å². The van der Waals surface area contributed by atoms with E-state index in [1.54, 1.807) is 17.0 Å². The van der Waals surface area contributed by atoms with Crippen molar-refractivity contribution in [2.45, 2.75) is 31.8 Å². The summed E-state index contributed by atoms with van der Waals surface area (Å²) in [7, 11) is 0. The maximum Gasteiger partial charge on any atom is 0.329 e. The molecule has 3 atom stereocenters. The molecule has 2 fully saturated rings. The van der Waals surface area contributed by atoms with E-state index in [0.29, 0.717) is 23.7 Å². The van der Waals surface area contributed by atoms with Crippen LogP contribution in [0.25, 0.3) is 0 Å². The average molecular weight is 370 g/mol. The lowest BCUT2D eigenvalue weighted by Crippen LogP contribution is -2.46. The van der Waals surface area contributed by atoms with Crippen LogP contribution in [-0.4, -0.2) is 58.5 Å². The smallest absolute Gasteiger partial charge is 0.329 e. The normalized spacial score (nSPS) is 22.6. The molecule has 2 aliphatic rings. The summed E-state index contributed by atoms with van der Waals surface area (Å²) in [6, 6.07) is 2.74. The zero-order valence-electron chi connectivity index (χ0n) is 15.1. The number of aromatic nitrogens is 1. The van der Waals surface area contributed by atoms with Crippen molar-refractivity contribution in [1.29, 1.82) is 5.41 Å². The van der Waals surface area contributed by atoms with Crippen LogP contribution in [0.3, 0.4) is 0 Å². The molecule has 0 aromatic carbocycles. The minimum atomic E-state index is -0.568. The Bertz CT molecular complexity index is 807. The topological polar surface area (TPSA) is 112 Å². The number of pyridine rings is 1. The summed E-state index contributed by atoms with van der Waals surface area (Å²) in [5, 5.41) is 10.8. The third kappa shape index (κ3) is 3.89. The molecule has 27 heavy (non-hydrogen) atoms. The number of hydrogen-bond acceptors (Lipinski definition) is 7. The van der Waals surface area contributed by atoms with Gasteiger partial charge in [-0.2, -0.15) is 0 Å². The number of nitrogens with one attached hydrogen (secondary N) is 2. The number of ether oxygens (including phenoxy) is 1. The van der Waals surface area contributed by atoms with Crippen LogP contribution >= 0.6 is 0 Å². The zero-order valence-corrected chi connectivity index (χ0v) is 15.1. The van der Waals surface area contributed by atoms with E-state index >= 15 is 0 Å². The van der Waals surface area contributed by atoms with Crippen molar-refractivity contribution in [3.8, 4) is 0 Å². The predicted octanol–water partition coefficient (Wildman–Crippen LogP) is 1.17. The van der Waals surface area contributed by atoms with Crippen molar-refractivity contribution in [3.63, 3.8) is 0 Å². The molecule has 0 radical (unpaired) electrons. The van der Waals surface area contributed by atoms with Crippen LogP contribution in [0, 0.1) is 11.3 Å². The van der Waals surface area contributed by atoms with Crippen molar-refractivity contribution in [2.24, 2.45) is 5.92 Å². The standard InChI is InChI=1S/C19H22N4O4/c1-3-7-27-19(26)15-9-12-8-14(12)23(15)16(25)10-22-18-13(5-4-6-21-18)17(20)11(2)24/h3-6,12,14-15,20H,1,7-10H2,2H3,(H,21,22)/t12-,14-,15+/m1/s1. The third-order valence-electron chi connectivity index (χ3n) is 4.84. The van der Waals surface area contributed by atoms with Gasteiger partial charge in [-0.15, -0.1) is 0 Å². The van der Waals surface area contributed by atoms with E-state index in [1.807, 2.05) is 0 Å². The number of hydrogen-bond donors (Lipinski definition) is 2. The van der Waals surface area contributed by atoms with Gasteiger partial charge in [0.2, 0.25) is 5.91 Å². The molecule has 0 spiro atoms. The molecule has 8 heteroatoms. The summed E-state index contributed by atoms with van der Waals surface area (Å²) < 4.78 is 5.11. The summed E-state index contributed by atoms with van der Waals surface area (Å²) in [4.78, 5) is 42.2. The van der Waals surface area contributed by atoms with Crippen molar-refractivity contribution < 1.29 is 19.1 Å². The molecule has 2 N–H and O–H groups in total. The van der Waals surface area contributed by atoms with Crippen molar-refractivity contribution in [1.82, 2.24) is 9.88 Å². The number of nitrogens with zero attached hydrogens (tertiary/aromatic N) is 2. The molecular weight excluding hydrogens is 348 g/mol.